The Hall–Kier alpha value is 0.140. The van der Waals surface area contributed by atoms with E-state index in [0.717, 1.165) is 6.54 Å². The summed E-state index contributed by atoms with van der Waals surface area (Å²) in [6.07, 6.45) is 3.66. The van der Waals surface area contributed by atoms with Crippen molar-refractivity contribution < 1.29 is 0 Å². The molecule has 1 nitrogen and oxygen atoms in total. The Bertz CT molecular complexity index is 276. The average molecular weight is 290 g/mol. The van der Waals surface area contributed by atoms with E-state index in [1.54, 1.807) is 0 Å². The van der Waals surface area contributed by atoms with Gasteiger partial charge in [0.05, 0.1) is 0 Å². The maximum Gasteiger partial charge on any atom is 0.0415 e. The van der Waals surface area contributed by atoms with Gasteiger partial charge in [-0.25, -0.2) is 0 Å². The standard InChI is InChI=1S/C12H20BrNS/c1-4-6-11(14-7-5-2)12-8-10(13)9(3)15-12/h8,11,14H,4-7H2,1-3H3. The number of hydrogen-bond acceptors (Lipinski definition) is 2. The first-order valence-electron chi connectivity index (χ1n) is 5.68. The predicted molar refractivity (Wildman–Crippen MR) is 72.7 cm³/mol. The number of aryl methyl sites for hydroxylation is 1. The van der Waals surface area contributed by atoms with Crippen LogP contribution in [0.2, 0.25) is 0 Å². The third-order valence-electron chi connectivity index (χ3n) is 2.44. The highest BCUT2D eigenvalue weighted by Gasteiger charge is 2.13. The SMILES string of the molecule is CCCNC(CCC)c1cc(Br)c(C)s1. The monoisotopic (exact) mass is 289 g/mol. The van der Waals surface area contributed by atoms with Gasteiger partial charge in [-0.2, -0.15) is 0 Å². The van der Waals surface area contributed by atoms with E-state index >= 15 is 0 Å². The third kappa shape index (κ3) is 3.89. The van der Waals surface area contributed by atoms with E-state index < -0.39 is 0 Å². The molecule has 86 valence electrons. The summed E-state index contributed by atoms with van der Waals surface area (Å²) in [5.74, 6) is 0. The Morgan fingerprint density at radius 3 is 2.60 bits per heavy atom. The summed E-state index contributed by atoms with van der Waals surface area (Å²) >= 11 is 5.49. The highest BCUT2D eigenvalue weighted by Crippen LogP contribution is 2.32. The molecule has 15 heavy (non-hydrogen) atoms. The van der Waals surface area contributed by atoms with Gasteiger partial charge < -0.3 is 5.32 Å². The van der Waals surface area contributed by atoms with Crippen molar-refractivity contribution in [2.45, 2.75) is 46.1 Å². The first-order valence-corrected chi connectivity index (χ1v) is 7.29. The second-order valence-corrected chi connectivity index (χ2v) is 5.99. The Labute approximate surface area is 105 Å². The molecule has 0 saturated carbocycles. The molecule has 1 aromatic rings. The third-order valence-corrected chi connectivity index (χ3v) is 4.69. The average Bonchev–Trinajstić information content (AvgIpc) is 2.54. The van der Waals surface area contributed by atoms with E-state index in [9.17, 15) is 0 Å². The fourth-order valence-corrected chi connectivity index (χ4v) is 3.28. The lowest BCUT2D eigenvalue weighted by atomic mass is 10.1. The highest BCUT2D eigenvalue weighted by atomic mass is 79.9. The van der Waals surface area contributed by atoms with Crippen molar-refractivity contribution in [1.29, 1.82) is 0 Å². The molecule has 1 rings (SSSR count). The normalized spacial score (nSPS) is 13.1. The summed E-state index contributed by atoms with van der Waals surface area (Å²) in [4.78, 5) is 2.85. The molecule has 0 saturated heterocycles. The zero-order chi connectivity index (χ0) is 11.3. The second kappa shape index (κ2) is 6.66. The van der Waals surface area contributed by atoms with Gasteiger partial charge in [-0.1, -0.05) is 20.3 Å². The molecule has 0 fully saturated rings. The van der Waals surface area contributed by atoms with Crippen molar-refractivity contribution in [3.63, 3.8) is 0 Å². The van der Waals surface area contributed by atoms with Gasteiger partial charge in [0.15, 0.2) is 0 Å². The van der Waals surface area contributed by atoms with Crippen LogP contribution >= 0.6 is 27.3 Å². The molecule has 0 bridgehead atoms. The van der Waals surface area contributed by atoms with E-state index in [2.05, 4.69) is 48.1 Å². The fraction of sp³-hybridized carbons (Fsp3) is 0.667. The molecular formula is C12H20BrNS. The Morgan fingerprint density at radius 1 is 1.40 bits per heavy atom. The van der Waals surface area contributed by atoms with Crippen LogP contribution in [-0.2, 0) is 0 Å². The van der Waals surface area contributed by atoms with Gasteiger partial charge in [-0.3, -0.25) is 0 Å². The summed E-state index contributed by atoms with van der Waals surface area (Å²) in [5, 5.41) is 3.62. The first-order chi connectivity index (χ1) is 7.19. The lowest BCUT2D eigenvalue weighted by Crippen LogP contribution is -2.21. The molecule has 0 aliphatic heterocycles. The number of thiophene rings is 1. The molecule has 3 heteroatoms. The molecule has 0 radical (unpaired) electrons. The van der Waals surface area contributed by atoms with Crippen molar-refractivity contribution in [1.82, 2.24) is 5.32 Å². The number of halogens is 1. The summed E-state index contributed by atoms with van der Waals surface area (Å²) in [5.41, 5.74) is 0. The van der Waals surface area contributed by atoms with Crippen molar-refractivity contribution >= 4 is 27.3 Å². The van der Waals surface area contributed by atoms with Gasteiger partial charge in [-0.05, 0) is 48.3 Å². The molecule has 1 unspecified atom stereocenters. The number of rotatable bonds is 6. The molecule has 1 N–H and O–H groups in total. The van der Waals surface area contributed by atoms with Crippen molar-refractivity contribution in [2.75, 3.05) is 6.54 Å². The minimum absolute atomic E-state index is 0.546. The topological polar surface area (TPSA) is 12.0 Å². The van der Waals surface area contributed by atoms with Crippen molar-refractivity contribution in [3.05, 3.63) is 20.3 Å². The zero-order valence-corrected chi connectivity index (χ0v) is 12.2. The smallest absolute Gasteiger partial charge is 0.0415 e. The maximum atomic E-state index is 3.62. The first kappa shape index (κ1) is 13.2. The van der Waals surface area contributed by atoms with Crippen molar-refractivity contribution in [3.8, 4) is 0 Å². The van der Waals surface area contributed by atoms with E-state index in [4.69, 9.17) is 0 Å². The maximum absolute atomic E-state index is 3.62. The van der Waals surface area contributed by atoms with Crippen LogP contribution < -0.4 is 5.32 Å². The largest absolute Gasteiger partial charge is 0.309 e. The zero-order valence-electron chi connectivity index (χ0n) is 9.77. The summed E-state index contributed by atoms with van der Waals surface area (Å²) < 4.78 is 1.25. The highest BCUT2D eigenvalue weighted by molar-refractivity contribution is 9.10. The minimum atomic E-state index is 0.546. The summed E-state index contributed by atoms with van der Waals surface area (Å²) in [7, 11) is 0. The Morgan fingerprint density at radius 2 is 2.13 bits per heavy atom. The van der Waals surface area contributed by atoms with Crippen LogP contribution in [-0.4, -0.2) is 6.54 Å². The van der Waals surface area contributed by atoms with E-state index in [0.29, 0.717) is 6.04 Å². The molecule has 0 aliphatic carbocycles. The van der Waals surface area contributed by atoms with E-state index in [-0.39, 0.29) is 0 Å². The van der Waals surface area contributed by atoms with Crippen LogP contribution in [0.1, 0.15) is 48.9 Å². The summed E-state index contributed by atoms with van der Waals surface area (Å²) in [6, 6.07) is 2.81. The van der Waals surface area contributed by atoms with Gasteiger partial charge in [0, 0.05) is 20.3 Å². The van der Waals surface area contributed by atoms with Crippen LogP contribution in [0.3, 0.4) is 0 Å². The van der Waals surface area contributed by atoms with E-state index in [1.165, 1.54) is 33.5 Å². The number of nitrogens with one attached hydrogen (secondary N) is 1. The van der Waals surface area contributed by atoms with E-state index in [1.807, 2.05) is 11.3 Å². The molecule has 0 aromatic carbocycles. The quantitative estimate of drug-likeness (QED) is 0.803. The number of hydrogen-bond donors (Lipinski definition) is 1. The predicted octanol–water partition coefficient (Wildman–Crippen LogP) is 4.66. The molecule has 1 aromatic heterocycles. The summed E-state index contributed by atoms with van der Waals surface area (Å²) in [6.45, 7) is 7.74. The van der Waals surface area contributed by atoms with Gasteiger partial charge >= 0.3 is 0 Å². The van der Waals surface area contributed by atoms with Crippen LogP contribution in [0.25, 0.3) is 0 Å². The van der Waals surface area contributed by atoms with Gasteiger partial charge in [0.1, 0.15) is 0 Å². The van der Waals surface area contributed by atoms with Gasteiger partial charge in [-0.15, -0.1) is 11.3 Å². The lowest BCUT2D eigenvalue weighted by Gasteiger charge is -2.15. The van der Waals surface area contributed by atoms with Crippen LogP contribution in [0.4, 0.5) is 0 Å². The fourth-order valence-electron chi connectivity index (χ4n) is 1.61. The Balaban J connectivity index is 2.69. The van der Waals surface area contributed by atoms with Crippen LogP contribution in [0, 0.1) is 6.92 Å². The second-order valence-electron chi connectivity index (χ2n) is 3.85. The molecule has 1 heterocycles. The van der Waals surface area contributed by atoms with Gasteiger partial charge in [0.25, 0.3) is 0 Å². The lowest BCUT2D eigenvalue weighted by molar-refractivity contribution is 0.500. The molecule has 1 atom stereocenters. The van der Waals surface area contributed by atoms with Crippen molar-refractivity contribution in [2.24, 2.45) is 0 Å². The van der Waals surface area contributed by atoms with Gasteiger partial charge in [0.2, 0.25) is 0 Å². The minimum Gasteiger partial charge on any atom is -0.309 e. The molecule has 0 amide bonds. The molecule has 0 spiro atoms. The molecular weight excluding hydrogens is 270 g/mol. The van der Waals surface area contributed by atoms with Crippen LogP contribution in [0.15, 0.2) is 10.5 Å². The van der Waals surface area contributed by atoms with Crippen LogP contribution in [0.5, 0.6) is 0 Å². The molecule has 0 aliphatic rings. The Kier molecular flexibility index (Phi) is 5.87.